The van der Waals surface area contributed by atoms with Crippen LogP contribution in [0.2, 0.25) is 5.02 Å². The second-order valence-electron chi connectivity index (χ2n) is 7.07. The van der Waals surface area contributed by atoms with Gasteiger partial charge in [0.05, 0.1) is 21.4 Å². The minimum absolute atomic E-state index is 0.00601. The van der Waals surface area contributed by atoms with Gasteiger partial charge in [-0.05, 0) is 31.0 Å². The van der Waals surface area contributed by atoms with Crippen LogP contribution in [-0.2, 0) is 17.9 Å². The second kappa shape index (κ2) is 11.0. The van der Waals surface area contributed by atoms with Crippen LogP contribution in [0.5, 0.6) is 5.75 Å². The molecule has 3 rings (SSSR count). The van der Waals surface area contributed by atoms with E-state index in [0.717, 1.165) is 16.9 Å². The van der Waals surface area contributed by atoms with E-state index < -0.39 is 4.92 Å². The number of thioether (sulfide) groups is 1. The molecule has 9 nitrogen and oxygen atoms in total. The first-order valence-electron chi connectivity index (χ1n) is 9.88. The molecule has 0 aliphatic rings. The number of halogens is 1. The number of hydrogen-bond acceptors (Lipinski definition) is 7. The molecule has 0 aliphatic heterocycles. The SMILES string of the molecule is C=CCn1c(COc2c(C)cccc2C)nnc1SCC(=O)Nc1cc([N+](=O)[O-])ccc1Cl. The van der Waals surface area contributed by atoms with Crippen LogP contribution >= 0.6 is 23.4 Å². The molecule has 0 fully saturated rings. The van der Waals surface area contributed by atoms with Crippen molar-refractivity contribution in [2.24, 2.45) is 0 Å². The largest absolute Gasteiger partial charge is 0.485 e. The number of allylic oxidation sites excluding steroid dienone is 1. The number of para-hydroxylation sites is 1. The van der Waals surface area contributed by atoms with Crippen LogP contribution in [-0.4, -0.2) is 31.3 Å². The highest BCUT2D eigenvalue weighted by molar-refractivity contribution is 7.99. The average Bonchev–Trinajstić information content (AvgIpc) is 3.15. The summed E-state index contributed by atoms with van der Waals surface area (Å²) in [7, 11) is 0. The molecule has 0 atom stereocenters. The Morgan fingerprint density at radius 3 is 2.70 bits per heavy atom. The van der Waals surface area contributed by atoms with Crippen molar-refractivity contribution >= 4 is 40.6 Å². The number of nitro groups is 1. The normalized spacial score (nSPS) is 10.6. The van der Waals surface area contributed by atoms with Crippen molar-refractivity contribution in [2.45, 2.75) is 32.2 Å². The maximum Gasteiger partial charge on any atom is 0.271 e. The first-order chi connectivity index (χ1) is 15.8. The first-order valence-corrected chi connectivity index (χ1v) is 11.2. The number of nitrogens with zero attached hydrogens (tertiary/aromatic N) is 4. The highest BCUT2D eigenvalue weighted by Gasteiger charge is 2.16. The quantitative estimate of drug-likeness (QED) is 0.186. The summed E-state index contributed by atoms with van der Waals surface area (Å²) >= 11 is 7.22. The third-order valence-electron chi connectivity index (χ3n) is 4.63. The highest BCUT2D eigenvalue weighted by Crippen LogP contribution is 2.28. The smallest absolute Gasteiger partial charge is 0.271 e. The van der Waals surface area contributed by atoms with Crippen LogP contribution in [0.1, 0.15) is 17.0 Å². The molecule has 0 aliphatic carbocycles. The number of carbonyl (C=O) groups is 1. The molecule has 1 aromatic heterocycles. The molecule has 2 aromatic carbocycles. The topological polar surface area (TPSA) is 112 Å². The average molecular weight is 488 g/mol. The van der Waals surface area contributed by atoms with Gasteiger partial charge in [0.15, 0.2) is 11.0 Å². The Hall–Kier alpha value is -3.37. The number of rotatable bonds is 10. The summed E-state index contributed by atoms with van der Waals surface area (Å²) in [5.74, 6) is 1.02. The minimum atomic E-state index is -0.555. The number of nitro benzene ring substituents is 1. The Labute approximate surface area is 200 Å². The maximum absolute atomic E-state index is 12.4. The number of hydrogen-bond donors (Lipinski definition) is 1. The molecule has 1 heterocycles. The van der Waals surface area contributed by atoms with Crippen LogP contribution in [0.25, 0.3) is 0 Å². The lowest BCUT2D eigenvalue weighted by Gasteiger charge is -2.12. The lowest BCUT2D eigenvalue weighted by molar-refractivity contribution is -0.384. The summed E-state index contributed by atoms with van der Waals surface area (Å²) in [6, 6.07) is 9.78. The van der Waals surface area contributed by atoms with Crippen molar-refractivity contribution < 1.29 is 14.5 Å². The van der Waals surface area contributed by atoms with E-state index in [4.69, 9.17) is 16.3 Å². The van der Waals surface area contributed by atoms with Crippen molar-refractivity contribution in [3.8, 4) is 5.75 Å². The van der Waals surface area contributed by atoms with E-state index >= 15 is 0 Å². The molecule has 1 N–H and O–H groups in total. The lowest BCUT2D eigenvalue weighted by Crippen LogP contribution is -2.15. The Kier molecular flexibility index (Phi) is 8.07. The van der Waals surface area contributed by atoms with Gasteiger partial charge in [-0.1, -0.05) is 47.6 Å². The number of aryl methyl sites for hydroxylation is 2. The monoisotopic (exact) mass is 487 g/mol. The van der Waals surface area contributed by atoms with Crippen LogP contribution in [0.4, 0.5) is 11.4 Å². The molecule has 11 heteroatoms. The van der Waals surface area contributed by atoms with Crippen molar-refractivity contribution in [1.29, 1.82) is 0 Å². The molecule has 0 radical (unpaired) electrons. The molecule has 0 spiro atoms. The maximum atomic E-state index is 12.4. The Morgan fingerprint density at radius 2 is 2.03 bits per heavy atom. The summed E-state index contributed by atoms with van der Waals surface area (Å²) in [5, 5.41) is 22.7. The van der Waals surface area contributed by atoms with E-state index in [1.807, 2.05) is 36.6 Å². The number of aromatic nitrogens is 3. The summed E-state index contributed by atoms with van der Waals surface area (Å²) in [4.78, 5) is 22.8. The van der Waals surface area contributed by atoms with Crippen molar-refractivity contribution in [1.82, 2.24) is 14.8 Å². The minimum Gasteiger partial charge on any atom is -0.485 e. The number of non-ortho nitro benzene ring substituents is 1. The highest BCUT2D eigenvalue weighted by atomic mass is 35.5. The fourth-order valence-corrected chi connectivity index (χ4v) is 3.98. The van der Waals surface area contributed by atoms with Gasteiger partial charge in [0.2, 0.25) is 5.91 Å². The van der Waals surface area contributed by atoms with Gasteiger partial charge in [-0.3, -0.25) is 19.5 Å². The van der Waals surface area contributed by atoms with E-state index in [1.54, 1.807) is 6.08 Å². The van der Waals surface area contributed by atoms with Crippen LogP contribution in [0.3, 0.4) is 0 Å². The van der Waals surface area contributed by atoms with Crippen molar-refractivity contribution in [3.63, 3.8) is 0 Å². The second-order valence-corrected chi connectivity index (χ2v) is 8.42. The van der Waals surface area contributed by atoms with E-state index in [2.05, 4.69) is 22.1 Å². The summed E-state index contributed by atoms with van der Waals surface area (Å²) in [6.45, 7) is 8.38. The Morgan fingerprint density at radius 1 is 1.30 bits per heavy atom. The molecular weight excluding hydrogens is 466 g/mol. The van der Waals surface area contributed by atoms with E-state index in [9.17, 15) is 14.9 Å². The van der Waals surface area contributed by atoms with Gasteiger partial charge < -0.3 is 10.1 Å². The number of amides is 1. The lowest BCUT2D eigenvalue weighted by atomic mass is 10.1. The van der Waals surface area contributed by atoms with Crippen LogP contribution in [0.15, 0.2) is 54.2 Å². The van der Waals surface area contributed by atoms with Gasteiger partial charge in [0.25, 0.3) is 5.69 Å². The third kappa shape index (κ3) is 6.11. The van der Waals surface area contributed by atoms with Gasteiger partial charge >= 0.3 is 0 Å². The molecule has 33 heavy (non-hydrogen) atoms. The first kappa shape index (κ1) is 24.3. The van der Waals surface area contributed by atoms with E-state index in [0.29, 0.717) is 17.5 Å². The predicted octanol–water partition coefficient (Wildman–Crippen LogP) is 4.95. The van der Waals surface area contributed by atoms with Gasteiger partial charge in [0, 0.05) is 18.7 Å². The Balaban J connectivity index is 1.67. The van der Waals surface area contributed by atoms with Gasteiger partial charge in [-0.25, -0.2) is 0 Å². The Bertz CT molecular complexity index is 1180. The summed E-state index contributed by atoms with van der Waals surface area (Å²) in [6.07, 6.45) is 1.71. The van der Waals surface area contributed by atoms with Crippen molar-refractivity contribution in [3.05, 3.63) is 81.1 Å². The fourth-order valence-electron chi connectivity index (χ4n) is 3.05. The molecule has 3 aromatic rings. The van der Waals surface area contributed by atoms with Crippen LogP contribution < -0.4 is 10.1 Å². The zero-order chi connectivity index (χ0) is 24.0. The number of anilines is 1. The molecule has 0 unspecified atom stereocenters. The number of ether oxygens (including phenoxy) is 1. The van der Waals surface area contributed by atoms with Gasteiger partial charge in [-0.15, -0.1) is 16.8 Å². The summed E-state index contributed by atoms with van der Waals surface area (Å²) in [5.41, 5.74) is 2.06. The van der Waals surface area contributed by atoms with E-state index in [1.165, 1.54) is 30.0 Å². The molecule has 0 bridgehead atoms. The zero-order valence-electron chi connectivity index (χ0n) is 18.1. The zero-order valence-corrected chi connectivity index (χ0v) is 19.7. The van der Waals surface area contributed by atoms with E-state index in [-0.39, 0.29) is 34.7 Å². The van der Waals surface area contributed by atoms with Gasteiger partial charge in [-0.2, -0.15) is 0 Å². The third-order valence-corrected chi connectivity index (χ3v) is 5.92. The number of benzene rings is 2. The molecule has 172 valence electrons. The van der Waals surface area contributed by atoms with Gasteiger partial charge in [0.1, 0.15) is 12.4 Å². The molecular formula is C22H22ClN5O4S. The molecule has 0 saturated heterocycles. The predicted molar refractivity (Wildman–Crippen MR) is 128 cm³/mol. The molecule has 1 amide bonds. The standard InChI is InChI=1S/C22H22ClN5O4S/c1-4-10-27-19(12-32-21-14(2)6-5-7-15(21)3)25-26-22(27)33-13-20(29)24-18-11-16(28(30)31)8-9-17(18)23/h4-9,11H,1,10,12-13H2,2-3H3,(H,24,29). The number of nitrogens with one attached hydrogen (secondary N) is 1. The number of carbonyl (C=O) groups excluding carboxylic acids is 1. The van der Waals surface area contributed by atoms with Crippen LogP contribution in [0, 0.1) is 24.0 Å². The summed E-state index contributed by atoms with van der Waals surface area (Å²) < 4.78 is 7.80. The molecule has 0 saturated carbocycles. The fraction of sp³-hybridized carbons (Fsp3) is 0.227. The van der Waals surface area contributed by atoms with Crippen molar-refractivity contribution in [2.75, 3.05) is 11.1 Å².